The molecular weight excluding hydrogens is 917 g/mol. The first-order chi connectivity index (χ1) is 34.4. The molecule has 6 N–H and O–H groups in total. The van der Waals surface area contributed by atoms with Gasteiger partial charge in [0, 0.05) is 50.7 Å². The minimum atomic E-state index is -1.79. The standard InChI is InChI=1S/C56H40F4N4O7/c57-52-51(53(58)55(60)56(54(52)59)70-28-37-27-69-46(71-37)23-12-29-10-13-33(65)14-11-29)50-44-21-19-42(63-44)48(31-5-2-8-35(67)25-31)40-17-15-38(61-40)47(30-4-1-7-34(66)24-30)39-16-18-41(62-39)49(43-20-22-45(50)64-43)32-6-3-9-36(68)26-32/h1-11,13-22,24-26,37,46,61,64-68H,12,23,27-28H2. The van der Waals surface area contributed by atoms with E-state index in [9.17, 15) is 20.4 Å². The van der Waals surface area contributed by atoms with Gasteiger partial charge >= 0.3 is 0 Å². The minimum absolute atomic E-state index is 0.00380. The van der Waals surface area contributed by atoms with Crippen LogP contribution in [0.25, 0.3) is 90.9 Å². The number of hydrogen-bond donors (Lipinski definition) is 6. The molecule has 11 nitrogen and oxygen atoms in total. The van der Waals surface area contributed by atoms with Gasteiger partial charge in [0.15, 0.2) is 23.7 Å². The Bertz CT molecular complexity index is 3590. The Kier molecular flexibility index (Phi) is 11.6. The van der Waals surface area contributed by atoms with Crippen molar-refractivity contribution in [3.8, 4) is 73.3 Å². The lowest BCUT2D eigenvalue weighted by atomic mass is 10.0. The molecule has 0 radical (unpaired) electrons. The number of H-pyrrole nitrogens is 2. The quantitative estimate of drug-likeness (QED) is 0.0578. The fourth-order valence-electron chi connectivity index (χ4n) is 9.19. The molecule has 8 aromatic rings. The molecule has 0 saturated carbocycles. The smallest absolute Gasteiger partial charge is 0.204 e. The molecule has 0 aliphatic carbocycles. The van der Waals surface area contributed by atoms with Gasteiger partial charge in [0.05, 0.1) is 34.9 Å². The maximum Gasteiger partial charge on any atom is 0.204 e. The molecule has 1 fully saturated rings. The highest BCUT2D eigenvalue weighted by Crippen LogP contribution is 2.43. The summed E-state index contributed by atoms with van der Waals surface area (Å²) in [6.07, 6.45) is 6.11. The molecule has 11 rings (SSSR count). The molecule has 2 unspecified atom stereocenters. The third-order valence-electron chi connectivity index (χ3n) is 12.5. The molecule has 354 valence electrons. The zero-order valence-corrected chi connectivity index (χ0v) is 37.3. The number of aromatic hydroxyl groups is 4. The van der Waals surface area contributed by atoms with E-state index in [1.807, 2.05) is 12.1 Å². The van der Waals surface area contributed by atoms with Crippen LogP contribution in [-0.2, 0) is 15.9 Å². The van der Waals surface area contributed by atoms with Gasteiger partial charge in [-0.3, -0.25) is 0 Å². The van der Waals surface area contributed by atoms with Crippen molar-refractivity contribution in [3.05, 3.63) is 173 Å². The fourth-order valence-corrected chi connectivity index (χ4v) is 9.19. The van der Waals surface area contributed by atoms with Crippen LogP contribution in [0, 0.1) is 23.3 Å². The van der Waals surface area contributed by atoms with Crippen LogP contribution in [0.1, 0.15) is 34.8 Å². The number of benzene rings is 5. The number of aromatic amines is 2. The van der Waals surface area contributed by atoms with Crippen molar-refractivity contribution < 1.29 is 52.2 Å². The second-order valence-electron chi connectivity index (χ2n) is 17.2. The van der Waals surface area contributed by atoms with E-state index in [0.717, 1.165) is 5.56 Å². The van der Waals surface area contributed by atoms with Crippen molar-refractivity contribution in [2.24, 2.45) is 0 Å². The number of rotatable bonds is 10. The number of aromatic nitrogens is 4. The van der Waals surface area contributed by atoms with Gasteiger partial charge in [-0.25, -0.2) is 18.7 Å². The average Bonchev–Trinajstić information content (AvgIpc) is 4.24. The second-order valence-corrected chi connectivity index (χ2v) is 17.2. The summed E-state index contributed by atoms with van der Waals surface area (Å²) in [5.41, 5.74) is 5.18. The maximum absolute atomic E-state index is 16.9. The summed E-state index contributed by atoms with van der Waals surface area (Å²) in [6, 6.07) is 32.9. The van der Waals surface area contributed by atoms with Crippen LogP contribution in [0.15, 0.2) is 121 Å². The molecule has 71 heavy (non-hydrogen) atoms. The number of phenols is 4. The highest BCUT2D eigenvalue weighted by molar-refractivity contribution is 6.00. The van der Waals surface area contributed by atoms with Crippen LogP contribution in [0.2, 0.25) is 0 Å². The minimum Gasteiger partial charge on any atom is -0.508 e. The average molecular weight is 957 g/mol. The molecule has 6 heterocycles. The zero-order valence-electron chi connectivity index (χ0n) is 37.3. The van der Waals surface area contributed by atoms with Gasteiger partial charge in [-0.2, -0.15) is 8.78 Å². The molecule has 1 saturated heterocycles. The van der Waals surface area contributed by atoms with Crippen molar-refractivity contribution in [3.63, 3.8) is 0 Å². The predicted molar refractivity (Wildman–Crippen MR) is 262 cm³/mol. The highest BCUT2D eigenvalue weighted by Gasteiger charge is 2.33. The van der Waals surface area contributed by atoms with Crippen LogP contribution in [0.4, 0.5) is 17.6 Å². The highest BCUT2D eigenvalue weighted by atomic mass is 19.2. The van der Waals surface area contributed by atoms with Gasteiger partial charge in [-0.05, 0) is 126 Å². The molecule has 0 amide bonds. The summed E-state index contributed by atoms with van der Waals surface area (Å²) in [7, 11) is 0. The Morgan fingerprint density at radius 1 is 0.507 bits per heavy atom. The van der Waals surface area contributed by atoms with Crippen LogP contribution in [0.3, 0.4) is 0 Å². The van der Waals surface area contributed by atoms with Crippen LogP contribution in [-0.4, -0.2) is 66.0 Å². The van der Waals surface area contributed by atoms with Crippen molar-refractivity contribution >= 4 is 46.4 Å². The van der Waals surface area contributed by atoms with Crippen molar-refractivity contribution in [2.45, 2.75) is 25.2 Å². The lowest BCUT2D eigenvalue weighted by Gasteiger charge is -2.16. The number of nitrogens with one attached hydrogen (secondary N) is 2. The predicted octanol–water partition coefficient (Wildman–Crippen LogP) is 12.5. The molecule has 2 atom stereocenters. The Labute approximate surface area is 401 Å². The van der Waals surface area contributed by atoms with E-state index in [1.54, 1.807) is 97.1 Å². The van der Waals surface area contributed by atoms with Crippen LogP contribution >= 0.6 is 0 Å². The molecule has 3 aliphatic heterocycles. The van der Waals surface area contributed by atoms with Gasteiger partial charge in [0.25, 0.3) is 0 Å². The topological polar surface area (TPSA) is 166 Å². The first-order valence-corrected chi connectivity index (χ1v) is 22.5. The normalized spacial score (nSPS) is 15.2. The molecule has 15 heteroatoms. The van der Waals surface area contributed by atoms with E-state index in [1.165, 1.54) is 36.4 Å². The molecule has 3 aromatic heterocycles. The number of halogens is 4. The summed E-state index contributed by atoms with van der Waals surface area (Å²) in [5, 5.41) is 41.6. The van der Waals surface area contributed by atoms with E-state index in [4.69, 9.17) is 24.2 Å². The molecule has 3 aliphatic rings. The molecule has 5 aromatic carbocycles. The summed E-state index contributed by atoms with van der Waals surface area (Å²) >= 11 is 0. The van der Waals surface area contributed by atoms with Crippen molar-refractivity contribution in [1.82, 2.24) is 19.9 Å². The third kappa shape index (κ3) is 8.62. The van der Waals surface area contributed by atoms with Crippen molar-refractivity contribution in [1.29, 1.82) is 0 Å². The Morgan fingerprint density at radius 2 is 0.944 bits per heavy atom. The van der Waals surface area contributed by atoms with Gasteiger partial charge in [0.2, 0.25) is 11.6 Å². The Morgan fingerprint density at radius 3 is 1.39 bits per heavy atom. The van der Waals surface area contributed by atoms with E-state index in [-0.39, 0.29) is 52.1 Å². The number of hydrogen-bond acceptors (Lipinski definition) is 9. The number of phenolic OH excluding ortho intramolecular Hbond substituents is 4. The van der Waals surface area contributed by atoms with Crippen LogP contribution in [0.5, 0.6) is 28.7 Å². The van der Waals surface area contributed by atoms with E-state index in [2.05, 4.69) is 9.97 Å². The Hall–Kier alpha value is -8.66. The fraction of sp³-hybridized carbons (Fsp3) is 0.107. The SMILES string of the molecule is Oc1ccc(CCC2OCC(COc3c(F)c(F)c(-c4c5nc(c(-c6cccc(O)c6)c6ccc([nH]6)c(-c6cccc(O)c6)c6nc(c(-c7cccc(O)c7)c7ccc4[nH]7)C=C6)C=C5)c(F)c3F)O2)cc1. The summed E-state index contributed by atoms with van der Waals surface area (Å²) in [5.74, 6) is -8.31. The summed E-state index contributed by atoms with van der Waals surface area (Å²) in [6.45, 7) is -0.491. The van der Waals surface area contributed by atoms with Gasteiger partial charge in [-0.15, -0.1) is 0 Å². The summed E-state index contributed by atoms with van der Waals surface area (Å²) in [4.78, 5) is 16.7. The van der Waals surface area contributed by atoms with E-state index < -0.39 is 53.6 Å². The molecule has 8 bridgehead atoms. The Balaban J connectivity index is 1.10. The number of ether oxygens (including phenoxy) is 3. The third-order valence-corrected chi connectivity index (χ3v) is 12.5. The largest absolute Gasteiger partial charge is 0.508 e. The van der Waals surface area contributed by atoms with E-state index >= 15 is 17.6 Å². The van der Waals surface area contributed by atoms with Crippen molar-refractivity contribution in [2.75, 3.05) is 13.2 Å². The van der Waals surface area contributed by atoms with Gasteiger partial charge in [0.1, 0.15) is 35.7 Å². The first kappa shape index (κ1) is 44.8. The lowest BCUT2D eigenvalue weighted by Crippen LogP contribution is -2.22. The number of fused-ring (bicyclic) bond motifs is 8. The number of nitrogens with zero attached hydrogens (tertiary/aromatic N) is 2. The summed E-state index contributed by atoms with van der Waals surface area (Å²) < 4.78 is 83.7. The second kappa shape index (κ2) is 18.3. The molecular formula is C56H40F4N4O7. The van der Waals surface area contributed by atoms with Crippen LogP contribution < -0.4 is 4.74 Å². The molecule has 0 spiro atoms. The number of aryl methyl sites for hydroxylation is 1. The first-order valence-electron chi connectivity index (χ1n) is 22.5. The maximum atomic E-state index is 16.9. The monoisotopic (exact) mass is 956 g/mol. The van der Waals surface area contributed by atoms with E-state index in [0.29, 0.717) is 74.2 Å². The van der Waals surface area contributed by atoms with Gasteiger partial charge in [-0.1, -0.05) is 48.5 Å². The lowest BCUT2D eigenvalue weighted by molar-refractivity contribution is -0.0673. The zero-order chi connectivity index (χ0) is 48.9. The van der Waals surface area contributed by atoms with Gasteiger partial charge < -0.3 is 44.6 Å².